The summed E-state index contributed by atoms with van der Waals surface area (Å²) in [6.07, 6.45) is 4.65. The molecule has 2 rings (SSSR count). The third-order valence-electron chi connectivity index (χ3n) is 4.36. The molecule has 1 aromatic rings. The lowest BCUT2D eigenvalue weighted by atomic mass is 9.98. The Hall–Kier alpha value is -1.09. The number of halogens is 1. The molecule has 0 radical (unpaired) electrons. The molecule has 0 aromatic carbocycles. The van der Waals surface area contributed by atoms with Gasteiger partial charge in [0.05, 0.1) is 0 Å². The van der Waals surface area contributed by atoms with Gasteiger partial charge in [-0.3, -0.25) is 4.79 Å². The van der Waals surface area contributed by atoms with Gasteiger partial charge in [-0.1, -0.05) is 38.8 Å². The molecule has 1 aromatic heterocycles. The van der Waals surface area contributed by atoms with E-state index < -0.39 is 0 Å². The quantitative estimate of drug-likeness (QED) is 0.770. The molecule has 1 fully saturated rings. The Bertz CT molecular complexity index is 502. The van der Waals surface area contributed by atoms with Crippen LogP contribution in [0.4, 0.5) is 0 Å². The minimum Gasteiger partial charge on any atom is -0.339 e. The van der Waals surface area contributed by atoms with Crippen LogP contribution in [-0.4, -0.2) is 28.9 Å². The molecule has 21 heavy (non-hydrogen) atoms. The number of likely N-dealkylation sites (tertiary alicyclic amines) is 1. The van der Waals surface area contributed by atoms with Crippen LogP contribution >= 0.6 is 11.6 Å². The monoisotopic (exact) mass is 308 g/mol. The number of pyridine rings is 1. The van der Waals surface area contributed by atoms with Gasteiger partial charge < -0.3 is 4.90 Å². The Morgan fingerprint density at radius 1 is 1.38 bits per heavy atom. The van der Waals surface area contributed by atoms with Gasteiger partial charge in [-0.15, -0.1) is 0 Å². The molecule has 4 heteroatoms. The number of rotatable bonds is 3. The summed E-state index contributed by atoms with van der Waals surface area (Å²) in [5, 5.41) is 0.408. The molecule has 2 heterocycles. The number of amides is 1. The minimum atomic E-state index is 0.0953. The van der Waals surface area contributed by atoms with Crippen LogP contribution < -0.4 is 0 Å². The van der Waals surface area contributed by atoms with Crippen molar-refractivity contribution < 1.29 is 4.79 Å². The average molecular weight is 309 g/mol. The molecule has 0 aliphatic carbocycles. The van der Waals surface area contributed by atoms with E-state index in [2.05, 4.69) is 25.8 Å². The van der Waals surface area contributed by atoms with Crippen molar-refractivity contribution >= 4 is 17.5 Å². The van der Waals surface area contributed by atoms with Gasteiger partial charge in [0.2, 0.25) is 0 Å². The Morgan fingerprint density at radius 2 is 2.14 bits per heavy atom. The second-order valence-electron chi connectivity index (χ2n) is 6.26. The van der Waals surface area contributed by atoms with E-state index in [1.54, 1.807) is 6.07 Å². The van der Waals surface area contributed by atoms with Crippen molar-refractivity contribution in [3.8, 4) is 0 Å². The third kappa shape index (κ3) is 4.19. The van der Waals surface area contributed by atoms with E-state index in [1.165, 1.54) is 12.8 Å². The van der Waals surface area contributed by atoms with Gasteiger partial charge in [-0.2, -0.15) is 0 Å². The first-order valence-electron chi connectivity index (χ1n) is 7.98. The minimum absolute atomic E-state index is 0.0953. The first kappa shape index (κ1) is 16.3. The van der Waals surface area contributed by atoms with Gasteiger partial charge in [0, 0.05) is 24.3 Å². The first-order chi connectivity index (χ1) is 10.0. The van der Waals surface area contributed by atoms with E-state index in [9.17, 15) is 4.79 Å². The molecule has 1 amide bonds. The fraction of sp³-hybridized carbons (Fsp3) is 0.647. The highest BCUT2D eigenvalue weighted by Crippen LogP contribution is 2.23. The van der Waals surface area contributed by atoms with Gasteiger partial charge >= 0.3 is 0 Å². The van der Waals surface area contributed by atoms with Crippen LogP contribution in [0.2, 0.25) is 5.15 Å². The number of hydrogen-bond donors (Lipinski definition) is 0. The number of carbonyl (C=O) groups is 1. The van der Waals surface area contributed by atoms with Crippen molar-refractivity contribution in [1.29, 1.82) is 0 Å². The lowest BCUT2D eigenvalue weighted by Gasteiger charge is -2.21. The van der Waals surface area contributed by atoms with Gasteiger partial charge in [-0.25, -0.2) is 4.98 Å². The molecule has 0 N–H and O–H groups in total. The number of nitrogens with zero attached hydrogens (tertiary/aromatic N) is 2. The molecule has 1 unspecified atom stereocenters. The summed E-state index contributed by atoms with van der Waals surface area (Å²) in [6.45, 7) is 8.07. The summed E-state index contributed by atoms with van der Waals surface area (Å²) in [7, 11) is 0. The molecular formula is C17H25ClN2O. The van der Waals surface area contributed by atoms with E-state index in [1.807, 2.05) is 11.0 Å². The molecule has 1 saturated heterocycles. The average Bonchev–Trinajstić information content (AvgIpc) is 2.71. The number of carbonyl (C=O) groups excluding carboxylic acids is 1. The van der Waals surface area contributed by atoms with Crippen molar-refractivity contribution in [3.63, 3.8) is 0 Å². The van der Waals surface area contributed by atoms with E-state index in [-0.39, 0.29) is 11.8 Å². The van der Waals surface area contributed by atoms with E-state index >= 15 is 0 Å². The van der Waals surface area contributed by atoms with Gasteiger partial charge in [0.25, 0.3) is 5.91 Å². The largest absolute Gasteiger partial charge is 0.339 e. The Kier molecular flexibility index (Phi) is 5.63. The SMILES string of the molecule is CCC1CCCN(C(=O)c2cc(Cl)nc(C(C)C)c2)CC1. The predicted octanol–water partition coefficient (Wildman–Crippen LogP) is 4.51. The summed E-state index contributed by atoms with van der Waals surface area (Å²) in [5.41, 5.74) is 1.56. The zero-order valence-corrected chi connectivity index (χ0v) is 14.0. The Balaban J connectivity index is 2.16. The Labute approximate surface area is 132 Å². The smallest absolute Gasteiger partial charge is 0.254 e. The molecule has 0 saturated carbocycles. The van der Waals surface area contributed by atoms with Gasteiger partial charge in [0.1, 0.15) is 5.15 Å². The predicted molar refractivity (Wildman–Crippen MR) is 86.9 cm³/mol. The molecule has 3 nitrogen and oxygen atoms in total. The maximum Gasteiger partial charge on any atom is 0.254 e. The van der Waals surface area contributed by atoms with Crippen LogP contribution in [0.25, 0.3) is 0 Å². The summed E-state index contributed by atoms with van der Waals surface area (Å²) < 4.78 is 0. The molecule has 0 spiro atoms. The van der Waals surface area contributed by atoms with Crippen molar-refractivity contribution in [1.82, 2.24) is 9.88 Å². The molecule has 1 aliphatic rings. The fourth-order valence-electron chi connectivity index (χ4n) is 2.90. The topological polar surface area (TPSA) is 33.2 Å². The molecule has 116 valence electrons. The lowest BCUT2D eigenvalue weighted by Crippen LogP contribution is -2.32. The second kappa shape index (κ2) is 7.26. The maximum atomic E-state index is 12.7. The summed E-state index contributed by atoms with van der Waals surface area (Å²) in [4.78, 5) is 19.0. The molecule has 0 bridgehead atoms. The van der Waals surface area contributed by atoms with Crippen LogP contribution in [0, 0.1) is 5.92 Å². The summed E-state index contributed by atoms with van der Waals surface area (Å²) in [5.74, 6) is 1.12. The zero-order valence-electron chi connectivity index (χ0n) is 13.2. The van der Waals surface area contributed by atoms with E-state index in [0.29, 0.717) is 10.7 Å². The van der Waals surface area contributed by atoms with Crippen molar-refractivity contribution in [2.45, 2.75) is 52.4 Å². The maximum absolute atomic E-state index is 12.7. The van der Waals surface area contributed by atoms with Crippen molar-refractivity contribution in [2.24, 2.45) is 5.92 Å². The third-order valence-corrected chi connectivity index (χ3v) is 4.56. The summed E-state index contributed by atoms with van der Waals surface area (Å²) >= 11 is 6.07. The Morgan fingerprint density at radius 3 is 2.81 bits per heavy atom. The highest BCUT2D eigenvalue weighted by Gasteiger charge is 2.22. The van der Waals surface area contributed by atoms with Crippen LogP contribution in [0.1, 0.15) is 68.4 Å². The van der Waals surface area contributed by atoms with Gasteiger partial charge in [0.15, 0.2) is 0 Å². The zero-order chi connectivity index (χ0) is 15.4. The highest BCUT2D eigenvalue weighted by atomic mass is 35.5. The highest BCUT2D eigenvalue weighted by molar-refractivity contribution is 6.29. The standard InChI is InChI=1S/C17H25ClN2O/c1-4-13-6-5-8-20(9-7-13)17(21)14-10-15(12(2)3)19-16(18)11-14/h10-13H,4-9H2,1-3H3. The fourth-order valence-corrected chi connectivity index (χ4v) is 3.11. The van der Waals surface area contributed by atoms with Gasteiger partial charge in [-0.05, 0) is 43.2 Å². The molecule has 1 aliphatic heterocycles. The van der Waals surface area contributed by atoms with E-state index in [4.69, 9.17) is 11.6 Å². The lowest BCUT2D eigenvalue weighted by molar-refractivity contribution is 0.0759. The van der Waals surface area contributed by atoms with Crippen molar-refractivity contribution in [2.75, 3.05) is 13.1 Å². The van der Waals surface area contributed by atoms with Crippen LogP contribution in [0.3, 0.4) is 0 Å². The van der Waals surface area contributed by atoms with Crippen LogP contribution in [-0.2, 0) is 0 Å². The number of aromatic nitrogens is 1. The summed E-state index contributed by atoms with van der Waals surface area (Å²) in [6, 6.07) is 3.58. The second-order valence-corrected chi connectivity index (χ2v) is 6.64. The van der Waals surface area contributed by atoms with Crippen LogP contribution in [0.5, 0.6) is 0 Å². The first-order valence-corrected chi connectivity index (χ1v) is 8.35. The molecular weight excluding hydrogens is 284 g/mol. The number of hydrogen-bond acceptors (Lipinski definition) is 2. The van der Waals surface area contributed by atoms with Crippen molar-refractivity contribution in [3.05, 3.63) is 28.5 Å². The normalized spacial score (nSPS) is 19.7. The van der Waals surface area contributed by atoms with E-state index in [0.717, 1.165) is 37.5 Å². The van der Waals surface area contributed by atoms with Crippen LogP contribution in [0.15, 0.2) is 12.1 Å². The molecule has 1 atom stereocenters.